The van der Waals surface area contributed by atoms with Crippen LogP contribution in [0.3, 0.4) is 0 Å². The Bertz CT molecular complexity index is 203. The molecule has 1 aliphatic carbocycles. The van der Waals surface area contributed by atoms with Crippen molar-refractivity contribution in [3.05, 3.63) is 0 Å². The first-order valence-corrected chi connectivity index (χ1v) is 7.06. The second kappa shape index (κ2) is 5.50. The van der Waals surface area contributed by atoms with E-state index in [1.165, 1.54) is 38.5 Å². The summed E-state index contributed by atoms with van der Waals surface area (Å²) in [6.45, 7) is 6.77. The maximum Gasteiger partial charge on any atom is 0.0565 e. The summed E-state index contributed by atoms with van der Waals surface area (Å²) in [4.78, 5) is 0. The largest absolute Gasteiger partial charge is 0.375 e. The molecular formula is C14H27NO. The molecule has 1 N–H and O–H groups in total. The van der Waals surface area contributed by atoms with Gasteiger partial charge in [-0.2, -0.15) is 0 Å². The van der Waals surface area contributed by atoms with Crippen LogP contribution in [0.25, 0.3) is 0 Å². The lowest BCUT2D eigenvalue weighted by atomic mass is 9.95. The number of ether oxygens (including phenoxy) is 1. The molecule has 1 aliphatic heterocycles. The van der Waals surface area contributed by atoms with Crippen molar-refractivity contribution in [2.45, 2.75) is 83.6 Å². The number of hydrogen-bond acceptors (Lipinski definition) is 2. The van der Waals surface area contributed by atoms with Gasteiger partial charge >= 0.3 is 0 Å². The number of nitrogens with one attached hydrogen (secondary N) is 1. The van der Waals surface area contributed by atoms with Gasteiger partial charge < -0.3 is 10.1 Å². The van der Waals surface area contributed by atoms with E-state index in [1.54, 1.807) is 0 Å². The van der Waals surface area contributed by atoms with Gasteiger partial charge in [-0.25, -0.2) is 0 Å². The van der Waals surface area contributed by atoms with Crippen LogP contribution in [-0.2, 0) is 4.74 Å². The molecule has 94 valence electrons. The molecule has 0 radical (unpaired) electrons. The Morgan fingerprint density at radius 2 is 1.62 bits per heavy atom. The zero-order valence-corrected chi connectivity index (χ0v) is 11.0. The van der Waals surface area contributed by atoms with Crippen LogP contribution in [0.1, 0.15) is 59.3 Å². The van der Waals surface area contributed by atoms with Crippen molar-refractivity contribution in [2.75, 3.05) is 0 Å². The van der Waals surface area contributed by atoms with E-state index in [1.807, 2.05) is 0 Å². The minimum atomic E-state index is 0.428. The van der Waals surface area contributed by atoms with Crippen molar-refractivity contribution in [3.8, 4) is 0 Å². The second-order valence-corrected chi connectivity index (χ2v) is 5.93. The van der Waals surface area contributed by atoms with Crippen molar-refractivity contribution in [3.63, 3.8) is 0 Å². The van der Waals surface area contributed by atoms with Crippen LogP contribution in [0.4, 0.5) is 0 Å². The summed E-state index contributed by atoms with van der Waals surface area (Å²) in [7, 11) is 0. The van der Waals surface area contributed by atoms with E-state index in [9.17, 15) is 0 Å². The molecule has 2 heteroatoms. The van der Waals surface area contributed by atoms with Gasteiger partial charge in [0.05, 0.1) is 12.2 Å². The van der Waals surface area contributed by atoms with Gasteiger partial charge in [0.2, 0.25) is 0 Å². The maximum absolute atomic E-state index is 5.78. The summed E-state index contributed by atoms with van der Waals surface area (Å²) in [5.74, 6) is 0.924. The quantitative estimate of drug-likeness (QED) is 0.797. The summed E-state index contributed by atoms with van der Waals surface area (Å²) < 4.78 is 5.78. The Labute approximate surface area is 100 Å². The van der Waals surface area contributed by atoms with E-state index in [4.69, 9.17) is 4.74 Å². The van der Waals surface area contributed by atoms with E-state index < -0.39 is 0 Å². The molecule has 0 amide bonds. The van der Waals surface area contributed by atoms with Crippen LogP contribution in [0.2, 0.25) is 0 Å². The summed E-state index contributed by atoms with van der Waals surface area (Å²) in [6, 6.07) is 1.37. The Morgan fingerprint density at radius 3 is 2.19 bits per heavy atom. The van der Waals surface area contributed by atoms with E-state index in [2.05, 4.69) is 26.1 Å². The summed E-state index contributed by atoms with van der Waals surface area (Å²) >= 11 is 0. The van der Waals surface area contributed by atoms with Crippen LogP contribution < -0.4 is 5.32 Å². The van der Waals surface area contributed by atoms with E-state index >= 15 is 0 Å². The second-order valence-electron chi connectivity index (χ2n) is 5.93. The molecule has 2 nitrogen and oxygen atoms in total. The van der Waals surface area contributed by atoms with Crippen LogP contribution in [-0.4, -0.2) is 24.3 Å². The normalized spacial score (nSPS) is 38.8. The zero-order chi connectivity index (χ0) is 11.5. The average molecular weight is 225 g/mol. The third-order valence-corrected chi connectivity index (χ3v) is 4.30. The summed E-state index contributed by atoms with van der Waals surface area (Å²) in [5.41, 5.74) is 0. The molecule has 2 fully saturated rings. The highest BCUT2D eigenvalue weighted by molar-refractivity contribution is 4.84. The lowest BCUT2D eigenvalue weighted by Gasteiger charge is -2.35. The van der Waals surface area contributed by atoms with Crippen molar-refractivity contribution in [2.24, 2.45) is 5.92 Å². The molecule has 2 aliphatic rings. The van der Waals surface area contributed by atoms with Crippen molar-refractivity contribution in [1.29, 1.82) is 0 Å². The van der Waals surface area contributed by atoms with Crippen LogP contribution in [0.5, 0.6) is 0 Å². The lowest BCUT2D eigenvalue weighted by Crippen LogP contribution is -2.46. The van der Waals surface area contributed by atoms with Gasteiger partial charge in [0.15, 0.2) is 0 Å². The van der Waals surface area contributed by atoms with Crippen LogP contribution in [0, 0.1) is 5.92 Å². The van der Waals surface area contributed by atoms with E-state index in [0.717, 1.165) is 5.92 Å². The Kier molecular flexibility index (Phi) is 4.26. The molecule has 0 aromatic carbocycles. The molecule has 0 bridgehead atoms. The number of hydrogen-bond donors (Lipinski definition) is 1. The predicted molar refractivity (Wildman–Crippen MR) is 67.6 cm³/mol. The Hall–Kier alpha value is -0.0800. The Morgan fingerprint density at radius 1 is 1.06 bits per heavy atom. The fourth-order valence-electron chi connectivity index (χ4n) is 3.51. The van der Waals surface area contributed by atoms with Crippen LogP contribution >= 0.6 is 0 Å². The highest BCUT2D eigenvalue weighted by Crippen LogP contribution is 2.29. The van der Waals surface area contributed by atoms with Crippen molar-refractivity contribution >= 4 is 0 Å². The highest BCUT2D eigenvalue weighted by atomic mass is 16.5. The van der Waals surface area contributed by atoms with Gasteiger partial charge in [-0.05, 0) is 52.4 Å². The molecule has 0 aromatic heterocycles. The first-order chi connectivity index (χ1) is 7.65. The molecule has 1 heterocycles. The minimum absolute atomic E-state index is 0.428. The molecule has 1 saturated carbocycles. The molecule has 1 saturated heterocycles. The Balaban J connectivity index is 1.79. The van der Waals surface area contributed by atoms with Gasteiger partial charge in [-0.15, -0.1) is 0 Å². The molecule has 3 unspecified atom stereocenters. The molecule has 0 aromatic rings. The van der Waals surface area contributed by atoms with Crippen molar-refractivity contribution < 1.29 is 4.74 Å². The van der Waals surface area contributed by atoms with Gasteiger partial charge in [-0.1, -0.05) is 12.8 Å². The molecule has 3 atom stereocenters. The van der Waals surface area contributed by atoms with Gasteiger partial charge in [0, 0.05) is 12.1 Å². The lowest BCUT2D eigenvalue weighted by molar-refractivity contribution is -0.0441. The first-order valence-electron chi connectivity index (χ1n) is 7.06. The van der Waals surface area contributed by atoms with Crippen molar-refractivity contribution in [1.82, 2.24) is 5.32 Å². The van der Waals surface area contributed by atoms with E-state index in [0.29, 0.717) is 24.3 Å². The molecule has 16 heavy (non-hydrogen) atoms. The highest BCUT2D eigenvalue weighted by Gasteiger charge is 2.28. The van der Waals surface area contributed by atoms with Gasteiger partial charge in [0.25, 0.3) is 0 Å². The van der Waals surface area contributed by atoms with E-state index in [-0.39, 0.29) is 0 Å². The predicted octanol–water partition coefficient (Wildman–Crippen LogP) is 3.11. The fourth-order valence-corrected chi connectivity index (χ4v) is 3.51. The standard InChI is InChI=1S/C14H27NO/c1-10-8-14(9-11(2)16-10)15-12(3)13-6-4-5-7-13/h10-15H,4-9H2,1-3H3. The molecule has 0 spiro atoms. The third-order valence-electron chi connectivity index (χ3n) is 4.30. The summed E-state index contributed by atoms with van der Waals surface area (Å²) in [6.07, 6.45) is 8.97. The molecule has 2 rings (SSSR count). The molecular weight excluding hydrogens is 198 g/mol. The minimum Gasteiger partial charge on any atom is -0.375 e. The van der Waals surface area contributed by atoms with Crippen LogP contribution in [0.15, 0.2) is 0 Å². The SMILES string of the molecule is CC1CC(NC(C)C2CCCC2)CC(C)O1. The third kappa shape index (κ3) is 3.21. The average Bonchev–Trinajstić information content (AvgIpc) is 2.68. The monoisotopic (exact) mass is 225 g/mol. The van der Waals surface area contributed by atoms with Gasteiger partial charge in [-0.3, -0.25) is 0 Å². The maximum atomic E-state index is 5.78. The first kappa shape index (κ1) is 12.4. The zero-order valence-electron chi connectivity index (χ0n) is 11.0. The smallest absolute Gasteiger partial charge is 0.0565 e. The topological polar surface area (TPSA) is 21.3 Å². The van der Waals surface area contributed by atoms with Gasteiger partial charge in [0.1, 0.15) is 0 Å². The fraction of sp³-hybridized carbons (Fsp3) is 1.00. The number of rotatable bonds is 3. The summed E-state index contributed by atoms with van der Waals surface area (Å²) in [5, 5.41) is 3.84.